The second-order valence-corrected chi connectivity index (χ2v) is 5.71. The van der Waals surface area contributed by atoms with Gasteiger partial charge in [-0.05, 0) is 23.6 Å². The second-order valence-electron chi connectivity index (χ2n) is 5.28. The van der Waals surface area contributed by atoms with Crippen molar-refractivity contribution >= 4 is 33.9 Å². The van der Waals surface area contributed by atoms with Crippen LogP contribution in [0.2, 0.25) is 5.02 Å². The molecule has 0 amide bonds. The molecule has 1 aliphatic heterocycles. The first-order valence-corrected chi connectivity index (χ1v) is 7.19. The van der Waals surface area contributed by atoms with Crippen LogP contribution in [0.25, 0.3) is 10.8 Å². The highest BCUT2D eigenvalue weighted by atomic mass is 35.5. The molecule has 0 fully saturated rings. The van der Waals surface area contributed by atoms with Gasteiger partial charge in [0.25, 0.3) is 0 Å². The average Bonchev–Trinajstić information content (AvgIpc) is 2.79. The molecule has 0 spiro atoms. The maximum Gasteiger partial charge on any atom is 0.176 e. The van der Waals surface area contributed by atoms with Crippen molar-refractivity contribution in [3.63, 3.8) is 0 Å². The number of amidine groups is 1. The van der Waals surface area contributed by atoms with Gasteiger partial charge >= 0.3 is 0 Å². The smallest absolute Gasteiger partial charge is 0.176 e. The zero-order valence-electron chi connectivity index (χ0n) is 11.5. The van der Waals surface area contributed by atoms with Crippen molar-refractivity contribution in [1.29, 1.82) is 0 Å². The van der Waals surface area contributed by atoms with E-state index in [2.05, 4.69) is 9.98 Å². The molecule has 1 unspecified atom stereocenters. The van der Waals surface area contributed by atoms with Gasteiger partial charge in [-0.3, -0.25) is 4.98 Å². The van der Waals surface area contributed by atoms with E-state index in [4.69, 9.17) is 17.3 Å². The molecule has 1 aromatic heterocycles. The van der Waals surface area contributed by atoms with Crippen LogP contribution in [0.15, 0.2) is 59.9 Å². The summed E-state index contributed by atoms with van der Waals surface area (Å²) in [6, 6.07) is 12.9. The summed E-state index contributed by atoms with van der Waals surface area (Å²) in [4.78, 5) is 8.52. The minimum absolute atomic E-state index is 0.128. The Morgan fingerprint density at radius 1 is 1.05 bits per heavy atom. The predicted octanol–water partition coefficient (Wildman–Crippen LogP) is 3.13. The zero-order valence-corrected chi connectivity index (χ0v) is 12.2. The minimum Gasteiger partial charge on any atom is -0.384 e. The predicted molar refractivity (Wildman–Crippen MR) is 87.5 cm³/mol. The highest BCUT2D eigenvalue weighted by molar-refractivity contribution is 6.30. The van der Waals surface area contributed by atoms with Gasteiger partial charge in [-0.25, -0.2) is 4.99 Å². The third-order valence-electron chi connectivity index (χ3n) is 4.02. The number of hydrogen-bond donors (Lipinski definition) is 2. The second kappa shape index (κ2) is 4.53. The molecule has 1 atom stereocenters. The fraction of sp³-hybridized carbons (Fsp3) is 0.0588. The number of aromatic nitrogens is 1. The molecule has 3 N–H and O–H groups in total. The van der Waals surface area contributed by atoms with Crippen LogP contribution in [0.4, 0.5) is 5.69 Å². The minimum atomic E-state index is -1.52. The number of pyridine rings is 1. The summed E-state index contributed by atoms with van der Waals surface area (Å²) in [6.07, 6.45) is 3.38. The van der Waals surface area contributed by atoms with Crippen LogP contribution in [0.1, 0.15) is 11.1 Å². The summed E-state index contributed by atoms with van der Waals surface area (Å²) in [6.45, 7) is 0. The lowest BCUT2D eigenvalue weighted by molar-refractivity contribution is 0.160. The first-order valence-electron chi connectivity index (χ1n) is 6.81. The normalized spacial score (nSPS) is 20.0. The van der Waals surface area contributed by atoms with Gasteiger partial charge < -0.3 is 10.8 Å². The van der Waals surface area contributed by atoms with E-state index in [-0.39, 0.29) is 5.84 Å². The third-order valence-corrected chi connectivity index (χ3v) is 4.25. The Morgan fingerprint density at radius 2 is 1.86 bits per heavy atom. The largest absolute Gasteiger partial charge is 0.384 e. The molecule has 2 aromatic carbocycles. The molecule has 1 aliphatic rings. The number of aliphatic imine (C=N–C) groups is 1. The van der Waals surface area contributed by atoms with Crippen LogP contribution < -0.4 is 5.73 Å². The molecule has 0 radical (unpaired) electrons. The monoisotopic (exact) mass is 309 g/mol. The molecular weight excluding hydrogens is 298 g/mol. The van der Waals surface area contributed by atoms with E-state index in [0.29, 0.717) is 21.8 Å². The third kappa shape index (κ3) is 1.68. The van der Waals surface area contributed by atoms with Crippen molar-refractivity contribution in [2.75, 3.05) is 0 Å². The lowest BCUT2D eigenvalue weighted by Crippen LogP contribution is -2.39. The summed E-state index contributed by atoms with van der Waals surface area (Å²) in [5, 5.41) is 13.7. The zero-order chi connectivity index (χ0) is 15.3. The van der Waals surface area contributed by atoms with E-state index in [1.165, 1.54) is 0 Å². The van der Waals surface area contributed by atoms with Gasteiger partial charge in [0.1, 0.15) is 5.84 Å². The maximum atomic E-state index is 11.4. The Balaban J connectivity index is 2.07. The van der Waals surface area contributed by atoms with Crippen molar-refractivity contribution in [3.05, 3.63) is 71.0 Å². The molecule has 0 bridgehead atoms. The van der Waals surface area contributed by atoms with Crippen LogP contribution in [-0.4, -0.2) is 15.9 Å². The summed E-state index contributed by atoms with van der Waals surface area (Å²) in [7, 11) is 0. The van der Waals surface area contributed by atoms with Gasteiger partial charge in [-0.2, -0.15) is 0 Å². The first kappa shape index (κ1) is 13.2. The molecule has 0 saturated heterocycles. The van der Waals surface area contributed by atoms with Crippen molar-refractivity contribution in [1.82, 2.24) is 4.98 Å². The lowest BCUT2D eigenvalue weighted by atomic mass is 9.85. The molecule has 108 valence electrons. The van der Waals surface area contributed by atoms with Crippen LogP contribution >= 0.6 is 11.6 Å². The Hall–Kier alpha value is -2.43. The Kier molecular flexibility index (Phi) is 2.73. The standard InChI is InChI=1S/C17H12ClN3O/c18-11-5-6-15-13(7-11)17(22,16(19)21-15)14-9-20-8-10-3-1-2-4-12(10)14/h1-9,22H,(H2,19,21). The number of nitrogens with two attached hydrogens (primary N) is 1. The highest BCUT2D eigenvalue weighted by Crippen LogP contribution is 2.44. The van der Waals surface area contributed by atoms with Crippen LogP contribution in [0, 0.1) is 0 Å². The molecule has 3 aromatic rings. The van der Waals surface area contributed by atoms with E-state index in [0.717, 1.165) is 10.8 Å². The van der Waals surface area contributed by atoms with Gasteiger partial charge in [0.15, 0.2) is 5.60 Å². The number of aliphatic hydroxyl groups is 1. The Morgan fingerprint density at radius 3 is 2.73 bits per heavy atom. The van der Waals surface area contributed by atoms with Crippen molar-refractivity contribution in [2.45, 2.75) is 5.60 Å². The quantitative estimate of drug-likeness (QED) is 0.725. The Bertz CT molecular complexity index is 933. The highest BCUT2D eigenvalue weighted by Gasteiger charge is 2.43. The average molecular weight is 310 g/mol. The van der Waals surface area contributed by atoms with Gasteiger partial charge in [-0.1, -0.05) is 35.9 Å². The first-order chi connectivity index (χ1) is 10.6. The molecule has 4 nitrogen and oxygen atoms in total. The van der Waals surface area contributed by atoms with Crippen molar-refractivity contribution < 1.29 is 5.11 Å². The van der Waals surface area contributed by atoms with Gasteiger partial charge in [0, 0.05) is 33.9 Å². The number of nitrogens with zero attached hydrogens (tertiary/aromatic N) is 2. The fourth-order valence-electron chi connectivity index (χ4n) is 2.93. The van der Waals surface area contributed by atoms with E-state index in [1.807, 2.05) is 24.3 Å². The molecular formula is C17H12ClN3O. The summed E-state index contributed by atoms with van der Waals surface area (Å²) < 4.78 is 0. The van der Waals surface area contributed by atoms with Gasteiger partial charge in [0.05, 0.1) is 5.69 Å². The van der Waals surface area contributed by atoms with Crippen LogP contribution in [-0.2, 0) is 5.60 Å². The van der Waals surface area contributed by atoms with Gasteiger partial charge in [-0.15, -0.1) is 0 Å². The molecule has 0 saturated carbocycles. The molecule has 5 heteroatoms. The van der Waals surface area contributed by atoms with Crippen LogP contribution in [0.3, 0.4) is 0 Å². The summed E-state index contributed by atoms with van der Waals surface area (Å²) >= 11 is 6.09. The number of fused-ring (bicyclic) bond motifs is 2. The van der Waals surface area contributed by atoms with E-state index in [9.17, 15) is 5.11 Å². The lowest BCUT2D eigenvalue weighted by Gasteiger charge is -2.25. The SMILES string of the molecule is NC1=Nc2ccc(Cl)cc2C1(O)c1cncc2ccccc12. The number of benzene rings is 2. The molecule has 4 rings (SSSR count). The summed E-state index contributed by atoms with van der Waals surface area (Å²) in [5.41, 5.74) is 6.35. The summed E-state index contributed by atoms with van der Waals surface area (Å²) in [5.74, 6) is 0.128. The van der Waals surface area contributed by atoms with Gasteiger partial charge in [0.2, 0.25) is 0 Å². The molecule has 0 aliphatic carbocycles. The topological polar surface area (TPSA) is 71.5 Å². The maximum absolute atomic E-state index is 11.4. The Labute approximate surface area is 131 Å². The molecule has 22 heavy (non-hydrogen) atoms. The number of rotatable bonds is 1. The van der Waals surface area contributed by atoms with Crippen molar-refractivity contribution in [3.8, 4) is 0 Å². The fourth-order valence-corrected chi connectivity index (χ4v) is 3.10. The van der Waals surface area contributed by atoms with E-state index >= 15 is 0 Å². The van der Waals surface area contributed by atoms with E-state index in [1.54, 1.807) is 30.6 Å². The number of halogens is 1. The van der Waals surface area contributed by atoms with Crippen molar-refractivity contribution in [2.24, 2.45) is 10.7 Å². The molecule has 2 heterocycles. The number of hydrogen-bond acceptors (Lipinski definition) is 4. The van der Waals surface area contributed by atoms with Crippen LogP contribution in [0.5, 0.6) is 0 Å². The van der Waals surface area contributed by atoms with E-state index < -0.39 is 5.60 Å².